The Morgan fingerprint density at radius 2 is 1.71 bits per heavy atom. The molecule has 0 bridgehead atoms. The maximum absolute atomic E-state index is 11.8. The fourth-order valence-corrected chi connectivity index (χ4v) is 2.30. The van der Waals surface area contributed by atoms with E-state index in [1.165, 1.54) is 0 Å². The molecule has 0 fully saturated rings. The number of nitrogens with one attached hydrogen (secondary N) is 1. The SMILES string of the molecule is CCOP(=O)(NCCC(C)C)OCC. The summed E-state index contributed by atoms with van der Waals surface area (Å²) in [5.74, 6) is 0.583. The number of hydrogen-bond donors (Lipinski definition) is 1. The van der Waals surface area contributed by atoms with E-state index in [0.717, 1.165) is 6.42 Å². The average molecular weight is 223 g/mol. The molecule has 0 aromatic heterocycles. The van der Waals surface area contributed by atoms with Crippen molar-refractivity contribution in [2.45, 2.75) is 34.1 Å². The van der Waals surface area contributed by atoms with E-state index in [2.05, 4.69) is 18.9 Å². The van der Waals surface area contributed by atoms with Crippen molar-refractivity contribution in [3.05, 3.63) is 0 Å². The molecule has 86 valence electrons. The average Bonchev–Trinajstić information content (AvgIpc) is 2.03. The molecule has 0 rings (SSSR count). The van der Waals surface area contributed by atoms with Gasteiger partial charge in [-0.15, -0.1) is 0 Å². The summed E-state index contributed by atoms with van der Waals surface area (Å²) in [5.41, 5.74) is 0. The predicted molar refractivity (Wildman–Crippen MR) is 58.3 cm³/mol. The van der Waals surface area contributed by atoms with Crippen LogP contribution in [0.25, 0.3) is 0 Å². The smallest absolute Gasteiger partial charge is 0.297 e. The predicted octanol–water partition coefficient (Wildman–Crippen LogP) is 2.80. The zero-order valence-corrected chi connectivity index (χ0v) is 10.5. The zero-order chi connectivity index (χ0) is 11.0. The minimum Gasteiger partial charge on any atom is -0.297 e. The van der Waals surface area contributed by atoms with E-state index in [1.807, 2.05) is 0 Å². The standard InChI is InChI=1S/C9H22NO3P/c1-5-12-14(11,13-6-2)10-8-7-9(3)4/h9H,5-8H2,1-4H3,(H,10,11). The molecule has 0 aliphatic carbocycles. The molecular formula is C9H22NO3P. The van der Waals surface area contributed by atoms with Crippen molar-refractivity contribution < 1.29 is 13.6 Å². The fourth-order valence-electron chi connectivity index (χ4n) is 0.959. The van der Waals surface area contributed by atoms with Gasteiger partial charge in [-0.05, 0) is 26.2 Å². The number of hydrogen-bond acceptors (Lipinski definition) is 3. The minimum absolute atomic E-state index is 0.395. The van der Waals surface area contributed by atoms with Gasteiger partial charge in [-0.1, -0.05) is 13.8 Å². The molecule has 0 aliphatic heterocycles. The largest absolute Gasteiger partial charge is 0.405 e. The van der Waals surface area contributed by atoms with Crippen LogP contribution in [0.5, 0.6) is 0 Å². The maximum atomic E-state index is 11.8. The van der Waals surface area contributed by atoms with Crippen molar-refractivity contribution >= 4 is 7.75 Å². The molecule has 0 aliphatic rings. The summed E-state index contributed by atoms with van der Waals surface area (Å²) in [6.45, 7) is 9.29. The molecule has 0 amide bonds. The Morgan fingerprint density at radius 3 is 2.07 bits per heavy atom. The van der Waals surface area contributed by atoms with Gasteiger partial charge in [-0.3, -0.25) is 9.05 Å². The second-order valence-corrected chi connectivity index (χ2v) is 5.25. The molecule has 0 heterocycles. The van der Waals surface area contributed by atoms with Gasteiger partial charge in [-0.2, -0.15) is 0 Å². The monoisotopic (exact) mass is 223 g/mol. The highest BCUT2D eigenvalue weighted by molar-refractivity contribution is 7.51. The van der Waals surface area contributed by atoms with Gasteiger partial charge in [0.25, 0.3) is 0 Å². The van der Waals surface area contributed by atoms with E-state index in [0.29, 0.717) is 25.7 Å². The molecular weight excluding hydrogens is 201 g/mol. The highest BCUT2D eigenvalue weighted by Crippen LogP contribution is 2.43. The first-order valence-electron chi connectivity index (χ1n) is 5.18. The van der Waals surface area contributed by atoms with Crippen LogP contribution in [-0.4, -0.2) is 19.8 Å². The fraction of sp³-hybridized carbons (Fsp3) is 1.00. The van der Waals surface area contributed by atoms with Crippen molar-refractivity contribution in [2.75, 3.05) is 19.8 Å². The van der Waals surface area contributed by atoms with Gasteiger partial charge in [0, 0.05) is 6.54 Å². The lowest BCUT2D eigenvalue weighted by atomic mass is 10.1. The quantitative estimate of drug-likeness (QED) is 0.643. The van der Waals surface area contributed by atoms with Crippen LogP contribution in [0, 0.1) is 5.92 Å². The van der Waals surface area contributed by atoms with Crippen LogP contribution in [0.2, 0.25) is 0 Å². The van der Waals surface area contributed by atoms with E-state index in [4.69, 9.17) is 9.05 Å². The zero-order valence-electron chi connectivity index (χ0n) is 9.58. The molecule has 0 aromatic carbocycles. The second-order valence-electron chi connectivity index (χ2n) is 3.42. The third-order valence-electron chi connectivity index (χ3n) is 1.63. The summed E-state index contributed by atoms with van der Waals surface area (Å²) in [4.78, 5) is 0. The first-order chi connectivity index (χ1) is 6.54. The highest BCUT2D eigenvalue weighted by Gasteiger charge is 2.22. The number of rotatable bonds is 8. The second kappa shape index (κ2) is 7.41. The summed E-state index contributed by atoms with van der Waals surface area (Å²) in [7, 11) is -3.03. The van der Waals surface area contributed by atoms with E-state index >= 15 is 0 Å². The molecule has 0 unspecified atom stereocenters. The van der Waals surface area contributed by atoms with Crippen LogP contribution in [0.1, 0.15) is 34.1 Å². The molecule has 5 heteroatoms. The summed E-state index contributed by atoms with van der Waals surface area (Å²) in [6.07, 6.45) is 0.962. The van der Waals surface area contributed by atoms with E-state index in [9.17, 15) is 4.57 Å². The minimum atomic E-state index is -3.03. The third-order valence-corrected chi connectivity index (χ3v) is 3.43. The van der Waals surface area contributed by atoms with Gasteiger partial charge in [-0.25, -0.2) is 9.65 Å². The van der Waals surface area contributed by atoms with Gasteiger partial charge in [0.1, 0.15) is 0 Å². The summed E-state index contributed by atoms with van der Waals surface area (Å²) in [6, 6.07) is 0. The van der Waals surface area contributed by atoms with Crippen molar-refractivity contribution in [3.63, 3.8) is 0 Å². The van der Waals surface area contributed by atoms with E-state index in [-0.39, 0.29) is 0 Å². The Balaban J connectivity index is 3.90. The molecule has 0 saturated carbocycles. The molecule has 0 atom stereocenters. The molecule has 0 spiro atoms. The first kappa shape index (κ1) is 14.1. The topological polar surface area (TPSA) is 47.6 Å². The van der Waals surface area contributed by atoms with Gasteiger partial charge in [0.05, 0.1) is 13.2 Å². The van der Waals surface area contributed by atoms with E-state index in [1.54, 1.807) is 13.8 Å². The van der Waals surface area contributed by atoms with Crippen LogP contribution >= 0.6 is 7.75 Å². The summed E-state index contributed by atoms with van der Waals surface area (Å²) in [5, 5.41) is 2.84. The van der Waals surface area contributed by atoms with Crippen molar-refractivity contribution in [2.24, 2.45) is 5.92 Å². The van der Waals surface area contributed by atoms with Crippen LogP contribution in [0.4, 0.5) is 0 Å². The van der Waals surface area contributed by atoms with Crippen LogP contribution in [-0.2, 0) is 13.6 Å². The molecule has 1 N–H and O–H groups in total. The molecule has 4 nitrogen and oxygen atoms in total. The van der Waals surface area contributed by atoms with Gasteiger partial charge < -0.3 is 0 Å². The normalized spacial score (nSPS) is 12.4. The van der Waals surface area contributed by atoms with Crippen LogP contribution < -0.4 is 5.09 Å². The highest BCUT2D eigenvalue weighted by atomic mass is 31.2. The van der Waals surface area contributed by atoms with Crippen molar-refractivity contribution in [1.29, 1.82) is 0 Å². The Kier molecular flexibility index (Phi) is 7.47. The van der Waals surface area contributed by atoms with Crippen molar-refractivity contribution in [1.82, 2.24) is 5.09 Å². The molecule has 0 aromatic rings. The Hall–Kier alpha value is 0.110. The molecule has 14 heavy (non-hydrogen) atoms. The summed E-state index contributed by atoms with van der Waals surface area (Å²) >= 11 is 0. The molecule has 0 radical (unpaired) electrons. The lowest BCUT2D eigenvalue weighted by Gasteiger charge is -2.18. The van der Waals surface area contributed by atoms with Gasteiger partial charge >= 0.3 is 7.75 Å². The lowest BCUT2D eigenvalue weighted by molar-refractivity contribution is 0.210. The Labute approximate surface area is 87.0 Å². The van der Waals surface area contributed by atoms with Crippen molar-refractivity contribution in [3.8, 4) is 0 Å². The maximum Gasteiger partial charge on any atom is 0.405 e. The third kappa shape index (κ3) is 6.55. The lowest BCUT2D eigenvalue weighted by Crippen LogP contribution is -2.17. The first-order valence-corrected chi connectivity index (χ1v) is 6.72. The summed E-state index contributed by atoms with van der Waals surface area (Å²) < 4.78 is 22.0. The van der Waals surface area contributed by atoms with Gasteiger partial charge in [0.2, 0.25) is 0 Å². The van der Waals surface area contributed by atoms with Crippen LogP contribution in [0.15, 0.2) is 0 Å². The van der Waals surface area contributed by atoms with E-state index < -0.39 is 7.75 Å². The Bertz CT molecular complexity index is 175. The molecule has 0 saturated heterocycles. The van der Waals surface area contributed by atoms with Crippen LogP contribution in [0.3, 0.4) is 0 Å². The Morgan fingerprint density at radius 1 is 1.21 bits per heavy atom. The van der Waals surface area contributed by atoms with Gasteiger partial charge in [0.15, 0.2) is 0 Å².